The third kappa shape index (κ3) is 78.5. The van der Waals surface area contributed by atoms with E-state index in [0.717, 1.165) is 108 Å². The molecule has 0 saturated heterocycles. The number of carbonyl (C=O) groups excluding carboxylic acids is 4. The third-order valence-corrected chi connectivity index (χ3v) is 22.4. The van der Waals surface area contributed by atoms with Crippen LogP contribution in [0.15, 0.2) is 0 Å². The smallest absolute Gasteiger partial charge is 0.462 e. The number of rotatable bonds is 84. The average Bonchev–Trinajstić information content (AvgIpc) is 0.913. The molecule has 17 nitrogen and oxygen atoms in total. The van der Waals surface area contributed by atoms with Gasteiger partial charge in [0.25, 0.3) is 0 Å². The van der Waals surface area contributed by atoms with Crippen molar-refractivity contribution < 1.29 is 80.2 Å². The lowest BCUT2D eigenvalue weighted by Crippen LogP contribution is -2.30. The van der Waals surface area contributed by atoms with Crippen LogP contribution < -0.4 is 0 Å². The Labute approximate surface area is 645 Å². The SMILES string of the molecule is CCCCCCCCCCCCCCCCCCCCC(=O)OC[C@H](COP(=O)(O)OC[C@@H](O)COP(=O)(O)OC[C@@H](COC(=O)CCCCCCCCCCCC(C)C)OC(=O)CCCCCCCCCCCCC(C)C)OC(=O)CCCCCCCCCCCCCCCCCCCCC(C)CC. The molecule has 0 spiro atoms. The standard InChI is InChI=1S/C86H168O17P2/c1-8-10-11-12-13-14-15-16-17-18-22-25-28-31-39-46-53-60-67-83(88)96-73-81(102-85(90)69-62-55-48-40-32-29-26-23-20-19-21-24-27-30-38-45-52-59-66-79(7)9-2)75-100-104(92,93)98-71-80(87)72-99-105(94,95)101-76-82(74-97-84(89)68-61-54-47-42-35-37-44-51-58-65-78(5)6)103-86(91)70-63-56-49-41-34-33-36-43-50-57-64-77(3)4/h77-82,87H,8-76H2,1-7H3,(H,92,93)(H,94,95)/t79?,80-,81-,82-/m1/s1. The van der Waals surface area contributed by atoms with Crippen LogP contribution in [0.25, 0.3) is 0 Å². The van der Waals surface area contributed by atoms with Gasteiger partial charge in [-0.3, -0.25) is 37.3 Å². The first kappa shape index (κ1) is 103. The first-order valence-electron chi connectivity index (χ1n) is 44.4. The number of unbranched alkanes of at least 4 members (excludes halogenated alkanes) is 51. The lowest BCUT2D eigenvalue weighted by molar-refractivity contribution is -0.161. The molecule has 19 heteroatoms. The molecule has 0 aromatic carbocycles. The Bertz CT molecular complexity index is 2030. The lowest BCUT2D eigenvalue weighted by atomic mass is 9.99. The van der Waals surface area contributed by atoms with Gasteiger partial charge < -0.3 is 33.8 Å². The number of phosphoric ester groups is 2. The molecule has 0 aromatic rings. The molecule has 624 valence electrons. The zero-order chi connectivity index (χ0) is 77.2. The van der Waals surface area contributed by atoms with Crippen molar-refractivity contribution in [3.8, 4) is 0 Å². The molecule has 3 unspecified atom stereocenters. The third-order valence-electron chi connectivity index (χ3n) is 20.5. The molecule has 0 heterocycles. The van der Waals surface area contributed by atoms with Gasteiger partial charge in [0.15, 0.2) is 12.2 Å². The highest BCUT2D eigenvalue weighted by molar-refractivity contribution is 7.47. The van der Waals surface area contributed by atoms with Gasteiger partial charge in [-0.15, -0.1) is 0 Å². The summed E-state index contributed by atoms with van der Waals surface area (Å²) < 4.78 is 68.9. The van der Waals surface area contributed by atoms with Crippen molar-refractivity contribution in [3.63, 3.8) is 0 Å². The van der Waals surface area contributed by atoms with Crippen LogP contribution in [0.5, 0.6) is 0 Å². The van der Waals surface area contributed by atoms with E-state index in [4.69, 9.17) is 37.0 Å². The Balaban J connectivity index is 5.24. The molecule has 0 aliphatic carbocycles. The Hall–Kier alpha value is -1.94. The number of esters is 4. The van der Waals surface area contributed by atoms with Crippen molar-refractivity contribution in [1.29, 1.82) is 0 Å². The summed E-state index contributed by atoms with van der Waals surface area (Å²) in [5, 5.41) is 10.7. The topological polar surface area (TPSA) is 237 Å². The summed E-state index contributed by atoms with van der Waals surface area (Å²) in [5.41, 5.74) is 0. The Morgan fingerprint density at radius 1 is 0.276 bits per heavy atom. The molecule has 0 rings (SSSR count). The summed E-state index contributed by atoms with van der Waals surface area (Å²) in [5.74, 6) is 0.261. The predicted molar refractivity (Wildman–Crippen MR) is 432 cm³/mol. The number of hydrogen-bond donors (Lipinski definition) is 3. The van der Waals surface area contributed by atoms with Crippen molar-refractivity contribution in [2.24, 2.45) is 17.8 Å². The second-order valence-corrected chi connectivity index (χ2v) is 35.0. The summed E-state index contributed by atoms with van der Waals surface area (Å²) in [6, 6.07) is 0. The molecular weight excluding hydrogens is 1370 g/mol. The number of hydrogen-bond acceptors (Lipinski definition) is 15. The zero-order valence-corrected chi connectivity index (χ0v) is 71.0. The first-order chi connectivity index (χ1) is 50.8. The normalized spacial score (nSPS) is 14.1. The quantitative estimate of drug-likeness (QED) is 0.0222. The zero-order valence-electron chi connectivity index (χ0n) is 69.2. The van der Waals surface area contributed by atoms with Crippen LogP contribution in [0, 0.1) is 17.8 Å². The van der Waals surface area contributed by atoms with Crippen molar-refractivity contribution in [3.05, 3.63) is 0 Å². The second kappa shape index (κ2) is 76.1. The van der Waals surface area contributed by atoms with Crippen LogP contribution >= 0.6 is 15.6 Å². The van der Waals surface area contributed by atoms with Gasteiger partial charge in [0.2, 0.25) is 0 Å². The number of ether oxygens (including phenoxy) is 4. The van der Waals surface area contributed by atoms with E-state index >= 15 is 0 Å². The van der Waals surface area contributed by atoms with Crippen molar-refractivity contribution in [2.75, 3.05) is 39.6 Å². The van der Waals surface area contributed by atoms with Gasteiger partial charge >= 0.3 is 39.5 Å². The molecular formula is C86H168O17P2. The van der Waals surface area contributed by atoms with E-state index in [1.807, 2.05) is 0 Å². The van der Waals surface area contributed by atoms with Gasteiger partial charge in [0.1, 0.15) is 19.3 Å². The minimum Gasteiger partial charge on any atom is -0.462 e. The molecule has 0 amide bonds. The summed E-state index contributed by atoms with van der Waals surface area (Å²) in [7, 11) is -9.93. The minimum atomic E-state index is -4.97. The summed E-state index contributed by atoms with van der Waals surface area (Å²) in [6.45, 7) is 12.0. The second-order valence-electron chi connectivity index (χ2n) is 32.1. The van der Waals surface area contributed by atoms with Gasteiger partial charge in [-0.1, -0.05) is 402 Å². The van der Waals surface area contributed by atoms with E-state index in [0.29, 0.717) is 25.7 Å². The summed E-state index contributed by atoms with van der Waals surface area (Å²) >= 11 is 0. The summed E-state index contributed by atoms with van der Waals surface area (Å²) in [6.07, 6.45) is 66.7. The lowest BCUT2D eigenvalue weighted by Gasteiger charge is -2.21. The first-order valence-corrected chi connectivity index (χ1v) is 47.4. The maximum Gasteiger partial charge on any atom is 0.472 e. The highest BCUT2D eigenvalue weighted by Gasteiger charge is 2.30. The molecule has 3 N–H and O–H groups in total. The molecule has 0 bridgehead atoms. The fourth-order valence-electron chi connectivity index (χ4n) is 13.3. The number of carbonyl (C=O) groups is 4. The minimum absolute atomic E-state index is 0.106. The summed E-state index contributed by atoms with van der Waals surface area (Å²) in [4.78, 5) is 73.2. The molecule has 0 saturated carbocycles. The van der Waals surface area contributed by atoms with Crippen LogP contribution in [-0.2, 0) is 65.4 Å². The number of aliphatic hydroxyl groups is 1. The molecule has 0 fully saturated rings. The average molecular weight is 1540 g/mol. The van der Waals surface area contributed by atoms with E-state index in [9.17, 15) is 43.2 Å². The highest BCUT2D eigenvalue weighted by atomic mass is 31.2. The van der Waals surface area contributed by atoms with E-state index in [2.05, 4.69) is 48.5 Å². The van der Waals surface area contributed by atoms with Gasteiger partial charge in [0, 0.05) is 25.7 Å². The molecule has 0 aromatic heterocycles. The van der Waals surface area contributed by atoms with Crippen LogP contribution in [-0.4, -0.2) is 96.7 Å². The maximum absolute atomic E-state index is 13.1. The van der Waals surface area contributed by atoms with Gasteiger partial charge in [-0.25, -0.2) is 9.13 Å². The van der Waals surface area contributed by atoms with Crippen LogP contribution in [0.1, 0.15) is 453 Å². The Morgan fingerprint density at radius 3 is 0.724 bits per heavy atom. The van der Waals surface area contributed by atoms with Gasteiger partial charge in [0.05, 0.1) is 26.4 Å². The van der Waals surface area contributed by atoms with Crippen molar-refractivity contribution in [1.82, 2.24) is 0 Å². The number of aliphatic hydroxyl groups excluding tert-OH is 1. The van der Waals surface area contributed by atoms with Crippen molar-refractivity contribution in [2.45, 2.75) is 471 Å². The van der Waals surface area contributed by atoms with E-state index < -0.39 is 97.5 Å². The highest BCUT2D eigenvalue weighted by Crippen LogP contribution is 2.45. The van der Waals surface area contributed by atoms with Gasteiger partial charge in [-0.05, 0) is 43.4 Å². The van der Waals surface area contributed by atoms with Crippen molar-refractivity contribution >= 4 is 39.5 Å². The van der Waals surface area contributed by atoms with E-state index in [1.54, 1.807) is 0 Å². The molecule has 0 aliphatic rings. The van der Waals surface area contributed by atoms with Crippen LogP contribution in [0.4, 0.5) is 0 Å². The van der Waals surface area contributed by atoms with E-state index in [1.165, 1.54) is 263 Å². The molecule has 6 atom stereocenters. The fourth-order valence-corrected chi connectivity index (χ4v) is 14.9. The van der Waals surface area contributed by atoms with E-state index in [-0.39, 0.29) is 25.7 Å². The van der Waals surface area contributed by atoms with Gasteiger partial charge in [-0.2, -0.15) is 0 Å². The molecule has 105 heavy (non-hydrogen) atoms. The van der Waals surface area contributed by atoms with Crippen LogP contribution in [0.3, 0.4) is 0 Å². The maximum atomic E-state index is 13.1. The predicted octanol–water partition coefficient (Wildman–Crippen LogP) is 26.1. The Morgan fingerprint density at radius 2 is 0.486 bits per heavy atom. The Kier molecular flexibility index (Phi) is 74.7. The fraction of sp³-hybridized carbons (Fsp3) is 0.953. The monoisotopic (exact) mass is 1540 g/mol. The molecule has 0 radical (unpaired) electrons. The molecule has 0 aliphatic heterocycles. The largest absolute Gasteiger partial charge is 0.472 e. The number of phosphoric acid groups is 2. The van der Waals surface area contributed by atoms with Crippen LogP contribution in [0.2, 0.25) is 0 Å².